The van der Waals surface area contributed by atoms with E-state index in [0.29, 0.717) is 0 Å². The number of hydrogen-bond acceptors (Lipinski definition) is 2. The lowest BCUT2D eigenvalue weighted by atomic mass is 9.82. The zero-order valence-electron chi connectivity index (χ0n) is 12.3. The summed E-state index contributed by atoms with van der Waals surface area (Å²) < 4.78 is 0. The summed E-state index contributed by atoms with van der Waals surface area (Å²) in [6, 6.07) is 6.25. The Morgan fingerprint density at radius 2 is 2.10 bits per heavy atom. The third kappa shape index (κ3) is 2.41. The summed E-state index contributed by atoms with van der Waals surface area (Å²) in [5.74, 6) is 0.223. The zero-order valence-corrected chi connectivity index (χ0v) is 12.3. The van der Waals surface area contributed by atoms with Gasteiger partial charge in [-0.05, 0) is 55.9 Å². The van der Waals surface area contributed by atoms with Gasteiger partial charge in [0, 0.05) is 23.3 Å². The highest BCUT2D eigenvalue weighted by Gasteiger charge is 2.39. The molecule has 1 aliphatic carbocycles. The van der Waals surface area contributed by atoms with Crippen LogP contribution in [0.1, 0.15) is 51.0 Å². The van der Waals surface area contributed by atoms with E-state index in [2.05, 4.69) is 29.7 Å². The molecule has 3 rings (SSSR count). The normalized spacial score (nSPS) is 20.1. The predicted octanol–water partition coefficient (Wildman–Crippen LogP) is 3.95. The summed E-state index contributed by atoms with van der Waals surface area (Å²) in [6.45, 7) is 3.19. The van der Waals surface area contributed by atoms with Gasteiger partial charge in [-0.3, -0.25) is 4.79 Å². The first kappa shape index (κ1) is 13.5. The van der Waals surface area contributed by atoms with Crippen molar-refractivity contribution in [2.75, 3.05) is 17.2 Å². The highest BCUT2D eigenvalue weighted by Crippen LogP contribution is 2.42. The van der Waals surface area contributed by atoms with Gasteiger partial charge < -0.3 is 10.6 Å². The molecule has 20 heavy (non-hydrogen) atoms. The van der Waals surface area contributed by atoms with Crippen LogP contribution in [0.5, 0.6) is 0 Å². The molecule has 0 bridgehead atoms. The number of aryl methyl sites for hydroxylation is 1. The van der Waals surface area contributed by atoms with Crippen molar-refractivity contribution in [3.8, 4) is 0 Å². The monoisotopic (exact) mass is 272 g/mol. The maximum Gasteiger partial charge on any atom is 0.230 e. The molecule has 0 radical (unpaired) electrons. The Morgan fingerprint density at radius 1 is 1.30 bits per heavy atom. The van der Waals surface area contributed by atoms with E-state index in [9.17, 15) is 4.79 Å². The van der Waals surface area contributed by atoms with Crippen molar-refractivity contribution in [2.45, 2.75) is 51.9 Å². The standard InChI is InChI=1S/C17H24N2O/c1-2-17(9-3-4-10-17)16(20)19-14-7-8-15-13(12-14)6-5-11-18-15/h7-8,12,18H,2-6,9-11H2,1H3,(H,19,20). The fraction of sp³-hybridized carbons (Fsp3) is 0.588. The molecule has 0 aromatic heterocycles. The molecule has 1 heterocycles. The van der Waals surface area contributed by atoms with Gasteiger partial charge in [-0.1, -0.05) is 19.8 Å². The molecule has 2 aliphatic rings. The van der Waals surface area contributed by atoms with Gasteiger partial charge in [0.05, 0.1) is 0 Å². The molecule has 1 aromatic carbocycles. The first-order valence-corrected chi connectivity index (χ1v) is 7.92. The van der Waals surface area contributed by atoms with Crippen LogP contribution in [-0.4, -0.2) is 12.5 Å². The predicted molar refractivity (Wildman–Crippen MR) is 83.1 cm³/mol. The second-order valence-corrected chi connectivity index (χ2v) is 6.20. The number of rotatable bonds is 3. The highest BCUT2D eigenvalue weighted by molar-refractivity contribution is 5.95. The molecule has 3 heteroatoms. The molecular weight excluding hydrogens is 248 g/mol. The van der Waals surface area contributed by atoms with E-state index >= 15 is 0 Å². The summed E-state index contributed by atoms with van der Waals surface area (Å²) in [5, 5.41) is 6.56. The van der Waals surface area contributed by atoms with Gasteiger partial charge in [0.15, 0.2) is 0 Å². The van der Waals surface area contributed by atoms with Crippen molar-refractivity contribution in [2.24, 2.45) is 5.41 Å². The minimum Gasteiger partial charge on any atom is -0.385 e. The maximum absolute atomic E-state index is 12.6. The van der Waals surface area contributed by atoms with Gasteiger partial charge in [0.2, 0.25) is 5.91 Å². The van der Waals surface area contributed by atoms with Gasteiger partial charge in [-0.15, -0.1) is 0 Å². The van der Waals surface area contributed by atoms with Crippen molar-refractivity contribution < 1.29 is 4.79 Å². The molecular formula is C17H24N2O. The van der Waals surface area contributed by atoms with Crippen LogP contribution < -0.4 is 10.6 Å². The lowest BCUT2D eigenvalue weighted by molar-refractivity contribution is -0.125. The topological polar surface area (TPSA) is 41.1 Å². The van der Waals surface area contributed by atoms with Gasteiger partial charge in [-0.2, -0.15) is 0 Å². The highest BCUT2D eigenvalue weighted by atomic mass is 16.2. The largest absolute Gasteiger partial charge is 0.385 e. The van der Waals surface area contributed by atoms with E-state index in [-0.39, 0.29) is 11.3 Å². The Hall–Kier alpha value is -1.51. The first-order valence-electron chi connectivity index (χ1n) is 7.92. The minimum absolute atomic E-state index is 0.117. The zero-order chi connectivity index (χ0) is 14.0. The molecule has 108 valence electrons. The van der Waals surface area contributed by atoms with Gasteiger partial charge in [-0.25, -0.2) is 0 Å². The van der Waals surface area contributed by atoms with Crippen molar-refractivity contribution in [1.29, 1.82) is 0 Å². The van der Waals surface area contributed by atoms with Crippen molar-refractivity contribution in [3.05, 3.63) is 23.8 Å². The number of nitrogens with one attached hydrogen (secondary N) is 2. The molecule has 0 spiro atoms. The smallest absolute Gasteiger partial charge is 0.230 e. The van der Waals surface area contributed by atoms with E-state index in [1.54, 1.807) is 0 Å². The molecule has 0 unspecified atom stereocenters. The average Bonchev–Trinajstić information content (AvgIpc) is 2.97. The molecule has 0 atom stereocenters. The van der Waals surface area contributed by atoms with Crippen LogP contribution in [0.4, 0.5) is 11.4 Å². The summed E-state index contributed by atoms with van der Waals surface area (Å²) in [4.78, 5) is 12.6. The number of amides is 1. The third-order valence-electron chi connectivity index (χ3n) is 5.02. The Balaban J connectivity index is 1.75. The number of hydrogen-bond donors (Lipinski definition) is 2. The molecule has 1 amide bonds. The summed E-state index contributed by atoms with van der Waals surface area (Å²) >= 11 is 0. The summed E-state index contributed by atoms with van der Waals surface area (Å²) in [5.41, 5.74) is 3.39. The Bertz CT molecular complexity index is 504. The van der Waals surface area contributed by atoms with E-state index < -0.39 is 0 Å². The summed E-state index contributed by atoms with van der Waals surface area (Å²) in [7, 11) is 0. The number of carbonyl (C=O) groups is 1. The number of anilines is 2. The van der Waals surface area contributed by atoms with Gasteiger partial charge in [0.1, 0.15) is 0 Å². The quantitative estimate of drug-likeness (QED) is 0.874. The van der Waals surface area contributed by atoms with Crippen LogP contribution in [0.25, 0.3) is 0 Å². The Labute approximate surface area is 121 Å². The van der Waals surface area contributed by atoms with Crippen LogP contribution in [-0.2, 0) is 11.2 Å². The fourth-order valence-corrected chi connectivity index (χ4v) is 3.61. The second-order valence-electron chi connectivity index (χ2n) is 6.20. The molecule has 1 aromatic rings. The van der Waals surface area contributed by atoms with Crippen LogP contribution in [0.2, 0.25) is 0 Å². The van der Waals surface area contributed by atoms with E-state index in [1.807, 2.05) is 6.07 Å². The van der Waals surface area contributed by atoms with Crippen molar-refractivity contribution in [3.63, 3.8) is 0 Å². The molecule has 2 N–H and O–H groups in total. The molecule has 0 saturated heterocycles. The number of fused-ring (bicyclic) bond motifs is 1. The molecule has 1 fully saturated rings. The first-order chi connectivity index (χ1) is 9.73. The Morgan fingerprint density at radius 3 is 2.85 bits per heavy atom. The van der Waals surface area contributed by atoms with E-state index in [4.69, 9.17) is 0 Å². The van der Waals surface area contributed by atoms with Gasteiger partial charge in [0.25, 0.3) is 0 Å². The van der Waals surface area contributed by atoms with Crippen molar-refractivity contribution >= 4 is 17.3 Å². The lowest BCUT2D eigenvalue weighted by Crippen LogP contribution is -2.33. The number of carbonyl (C=O) groups excluding carboxylic acids is 1. The fourth-order valence-electron chi connectivity index (χ4n) is 3.61. The van der Waals surface area contributed by atoms with Crippen LogP contribution in [0, 0.1) is 5.41 Å². The number of benzene rings is 1. The van der Waals surface area contributed by atoms with Crippen molar-refractivity contribution in [1.82, 2.24) is 0 Å². The third-order valence-corrected chi connectivity index (χ3v) is 5.02. The van der Waals surface area contributed by atoms with Crippen LogP contribution in [0.15, 0.2) is 18.2 Å². The van der Waals surface area contributed by atoms with Crippen LogP contribution in [0.3, 0.4) is 0 Å². The average molecular weight is 272 g/mol. The second kappa shape index (κ2) is 5.47. The Kier molecular flexibility index (Phi) is 3.68. The van der Waals surface area contributed by atoms with E-state index in [1.165, 1.54) is 30.5 Å². The SMILES string of the molecule is CCC1(C(=O)Nc2ccc3c(c2)CCCN3)CCCC1. The lowest BCUT2D eigenvalue weighted by Gasteiger charge is -2.26. The van der Waals surface area contributed by atoms with Crippen LogP contribution >= 0.6 is 0 Å². The maximum atomic E-state index is 12.6. The minimum atomic E-state index is -0.117. The molecule has 1 aliphatic heterocycles. The molecule has 1 saturated carbocycles. The van der Waals surface area contributed by atoms with E-state index in [0.717, 1.165) is 37.9 Å². The molecule has 3 nitrogen and oxygen atoms in total. The summed E-state index contributed by atoms with van der Waals surface area (Å²) in [6.07, 6.45) is 7.69. The van der Waals surface area contributed by atoms with Gasteiger partial charge >= 0.3 is 0 Å².